The number of rotatable bonds is 6. The summed E-state index contributed by atoms with van der Waals surface area (Å²) in [6.45, 7) is 6.80. The summed E-state index contributed by atoms with van der Waals surface area (Å²) in [5.41, 5.74) is 2.79. The van der Waals surface area contributed by atoms with Crippen molar-refractivity contribution in [1.82, 2.24) is 0 Å². The summed E-state index contributed by atoms with van der Waals surface area (Å²) in [5, 5.41) is 2.36. The first kappa shape index (κ1) is 23.1. The maximum absolute atomic E-state index is 12.2. The normalized spacial score (nSPS) is 15.7. The van der Waals surface area contributed by atoms with Gasteiger partial charge in [-0.15, -0.1) is 0 Å². The zero-order valence-electron chi connectivity index (χ0n) is 19.6. The van der Waals surface area contributed by atoms with Crippen molar-refractivity contribution < 1.29 is 18.8 Å². The molecule has 3 aromatic carbocycles. The van der Waals surface area contributed by atoms with Crippen LogP contribution in [0.2, 0.25) is 5.04 Å². The predicted octanol–water partition coefficient (Wildman–Crippen LogP) is 4.33. The largest absolute Gasteiger partial charge is 0.465 e. The molecular weight excluding hydrogens is 428 g/mol. The van der Waals surface area contributed by atoms with E-state index in [1.54, 1.807) is 6.07 Å². The molecule has 1 aliphatic carbocycles. The number of fused-ring (bicyclic) bond motifs is 1. The fourth-order valence-corrected chi connectivity index (χ4v) is 9.74. The van der Waals surface area contributed by atoms with E-state index in [-0.39, 0.29) is 11.1 Å². The van der Waals surface area contributed by atoms with Gasteiger partial charge in [-0.3, -0.25) is 4.79 Å². The van der Waals surface area contributed by atoms with E-state index in [0.29, 0.717) is 24.0 Å². The van der Waals surface area contributed by atoms with E-state index >= 15 is 0 Å². The van der Waals surface area contributed by atoms with Gasteiger partial charge in [0.2, 0.25) is 0 Å². The van der Waals surface area contributed by atoms with Crippen molar-refractivity contribution in [3.05, 3.63) is 95.1 Å². The van der Waals surface area contributed by atoms with Crippen LogP contribution in [0.5, 0.6) is 0 Å². The fourth-order valence-electron chi connectivity index (χ4n) is 5.06. The number of esters is 1. The lowest BCUT2D eigenvalue weighted by molar-refractivity contribution is 0.0598. The van der Waals surface area contributed by atoms with Crippen LogP contribution in [-0.2, 0) is 22.0 Å². The summed E-state index contributed by atoms with van der Waals surface area (Å²) in [6, 6.07) is 24.8. The Bertz CT molecular complexity index is 1110. The third-order valence-electron chi connectivity index (χ3n) is 6.56. The summed E-state index contributed by atoms with van der Waals surface area (Å²) in [7, 11) is -1.35. The molecule has 0 amide bonds. The Morgan fingerprint density at radius 3 is 1.88 bits per heavy atom. The van der Waals surface area contributed by atoms with Crippen LogP contribution in [0.15, 0.2) is 72.8 Å². The van der Waals surface area contributed by atoms with Crippen LogP contribution in [-0.4, -0.2) is 33.8 Å². The topological polar surface area (TPSA) is 52.6 Å². The second kappa shape index (κ2) is 9.08. The maximum Gasteiger partial charge on any atom is 0.338 e. The van der Waals surface area contributed by atoms with E-state index in [1.165, 1.54) is 17.5 Å². The Kier molecular flexibility index (Phi) is 6.37. The van der Waals surface area contributed by atoms with Crippen molar-refractivity contribution in [3.63, 3.8) is 0 Å². The number of aldehydes is 1. The molecule has 4 rings (SSSR count). The third-order valence-corrected chi connectivity index (χ3v) is 11.7. The van der Waals surface area contributed by atoms with E-state index in [0.717, 1.165) is 17.4 Å². The monoisotopic (exact) mass is 458 g/mol. The van der Waals surface area contributed by atoms with E-state index < -0.39 is 14.3 Å². The molecule has 0 saturated heterocycles. The lowest BCUT2D eigenvalue weighted by Crippen LogP contribution is -2.67. The van der Waals surface area contributed by atoms with Crippen LogP contribution in [0.3, 0.4) is 0 Å². The molecule has 170 valence electrons. The Labute approximate surface area is 196 Å². The van der Waals surface area contributed by atoms with Gasteiger partial charge in [0.15, 0.2) is 6.29 Å². The van der Waals surface area contributed by atoms with Crippen molar-refractivity contribution in [2.24, 2.45) is 0 Å². The molecular formula is C28H30O4Si. The molecule has 5 heteroatoms. The molecule has 0 heterocycles. The molecule has 1 aliphatic rings. The molecule has 0 spiro atoms. The number of carbonyl (C=O) groups excluding carboxylic acids is 2. The number of ether oxygens (including phenoxy) is 1. The number of methoxy groups -OCH3 is 1. The van der Waals surface area contributed by atoms with Crippen LogP contribution in [0.1, 0.15) is 52.6 Å². The third kappa shape index (κ3) is 4.19. The van der Waals surface area contributed by atoms with Gasteiger partial charge in [-0.2, -0.15) is 0 Å². The first-order chi connectivity index (χ1) is 15.8. The van der Waals surface area contributed by atoms with E-state index in [4.69, 9.17) is 9.16 Å². The Morgan fingerprint density at radius 2 is 1.42 bits per heavy atom. The van der Waals surface area contributed by atoms with Gasteiger partial charge in [-0.25, -0.2) is 4.79 Å². The smallest absolute Gasteiger partial charge is 0.338 e. The Hall–Kier alpha value is -3.02. The van der Waals surface area contributed by atoms with E-state index in [1.807, 2.05) is 18.2 Å². The molecule has 0 aliphatic heterocycles. The first-order valence-electron chi connectivity index (χ1n) is 11.3. The zero-order chi connectivity index (χ0) is 23.6. The van der Waals surface area contributed by atoms with Crippen molar-refractivity contribution >= 4 is 30.9 Å². The molecule has 0 bridgehead atoms. The van der Waals surface area contributed by atoms with Gasteiger partial charge in [0.05, 0.1) is 18.8 Å². The molecule has 0 N–H and O–H groups in total. The number of hydrogen-bond donors (Lipinski definition) is 0. The van der Waals surface area contributed by atoms with Gasteiger partial charge in [-0.1, -0.05) is 81.4 Å². The average molecular weight is 459 g/mol. The summed E-state index contributed by atoms with van der Waals surface area (Å²) in [4.78, 5) is 23.8. The maximum atomic E-state index is 12.2. The minimum absolute atomic E-state index is 0.0429. The van der Waals surface area contributed by atoms with Crippen LogP contribution in [0.4, 0.5) is 0 Å². The first-order valence-corrected chi connectivity index (χ1v) is 13.2. The van der Waals surface area contributed by atoms with Gasteiger partial charge >= 0.3 is 5.97 Å². The Balaban J connectivity index is 1.78. The summed E-state index contributed by atoms with van der Waals surface area (Å²) >= 11 is 0. The standard InChI is InChI=1S/C28H30O4Si/c1-28(2,3)33(24-11-7-5-8-12-24,25-13-9-6-10-14-25)32-23-16-20-15-22(19-29)26(27(30)31-4)18-21(20)17-23/h5-15,18-19,23H,16-17H2,1-4H3. The summed E-state index contributed by atoms with van der Waals surface area (Å²) < 4.78 is 12.1. The second-order valence-electron chi connectivity index (χ2n) is 9.63. The zero-order valence-corrected chi connectivity index (χ0v) is 20.6. The van der Waals surface area contributed by atoms with Crippen molar-refractivity contribution in [2.75, 3.05) is 7.11 Å². The lowest BCUT2D eigenvalue weighted by atomic mass is 10.0. The molecule has 4 nitrogen and oxygen atoms in total. The Morgan fingerprint density at radius 1 is 0.909 bits per heavy atom. The number of hydrogen-bond acceptors (Lipinski definition) is 4. The quantitative estimate of drug-likeness (QED) is 0.313. The van der Waals surface area contributed by atoms with Crippen LogP contribution < -0.4 is 10.4 Å². The van der Waals surface area contributed by atoms with Crippen LogP contribution in [0, 0.1) is 0 Å². The molecule has 3 aromatic rings. The van der Waals surface area contributed by atoms with Gasteiger partial charge in [0, 0.05) is 5.56 Å². The highest BCUT2D eigenvalue weighted by atomic mass is 28.4. The molecule has 1 atom stereocenters. The van der Waals surface area contributed by atoms with Gasteiger partial charge in [0.1, 0.15) is 0 Å². The van der Waals surface area contributed by atoms with E-state index in [9.17, 15) is 9.59 Å². The molecule has 1 unspecified atom stereocenters. The van der Waals surface area contributed by atoms with Crippen molar-refractivity contribution in [3.8, 4) is 0 Å². The van der Waals surface area contributed by atoms with Gasteiger partial charge < -0.3 is 9.16 Å². The van der Waals surface area contributed by atoms with Crippen LogP contribution >= 0.6 is 0 Å². The molecule has 0 radical (unpaired) electrons. The van der Waals surface area contributed by atoms with Crippen molar-refractivity contribution in [2.45, 2.75) is 44.8 Å². The second-order valence-corrected chi connectivity index (χ2v) is 13.9. The number of benzene rings is 3. The minimum Gasteiger partial charge on any atom is -0.465 e. The molecule has 33 heavy (non-hydrogen) atoms. The molecule has 0 fully saturated rings. The van der Waals surface area contributed by atoms with Gasteiger partial charge in [-0.05, 0) is 51.5 Å². The van der Waals surface area contributed by atoms with Gasteiger partial charge in [0.25, 0.3) is 8.32 Å². The molecule has 0 aromatic heterocycles. The highest BCUT2D eigenvalue weighted by Crippen LogP contribution is 2.39. The average Bonchev–Trinajstić information content (AvgIpc) is 3.22. The summed E-state index contributed by atoms with van der Waals surface area (Å²) in [6.07, 6.45) is 2.09. The summed E-state index contributed by atoms with van der Waals surface area (Å²) in [5.74, 6) is -0.490. The fraction of sp³-hybridized carbons (Fsp3) is 0.286. The van der Waals surface area contributed by atoms with Crippen molar-refractivity contribution in [1.29, 1.82) is 0 Å². The van der Waals surface area contributed by atoms with E-state index in [2.05, 4.69) is 69.3 Å². The molecule has 0 saturated carbocycles. The highest BCUT2D eigenvalue weighted by Gasteiger charge is 2.51. The predicted molar refractivity (Wildman–Crippen MR) is 133 cm³/mol. The number of carbonyl (C=O) groups is 2. The highest BCUT2D eigenvalue weighted by molar-refractivity contribution is 6.99. The lowest BCUT2D eigenvalue weighted by Gasteiger charge is -2.44. The SMILES string of the molecule is COC(=O)c1cc2c(cc1C=O)CC(O[Si](c1ccccc1)(c1ccccc1)C(C)(C)C)C2. The van der Waals surface area contributed by atoms with Crippen LogP contribution in [0.25, 0.3) is 0 Å². The minimum atomic E-state index is -2.68.